The maximum Gasteiger partial charge on any atom is 0.165 e. The SMILES string of the molecule is CC(C)N(Cc1cccc(N)c1)c1ncccc1F. The molecule has 3 nitrogen and oxygen atoms in total. The van der Waals surface area contributed by atoms with Gasteiger partial charge in [0.05, 0.1) is 0 Å². The fourth-order valence-electron chi connectivity index (χ4n) is 1.98. The Balaban J connectivity index is 2.29. The van der Waals surface area contributed by atoms with Crippen LogP contribution in [-0.2, 0) is 6.54 Å². The number of aromatic nitrogens is 1. The fourth-order valence-corrected chi connectivity index (χ4v) is 1.98. The lowest BCUT2D eigenvalue weighted by atomic mass is 10.1. The molecule has 0 bridgehead atoms. The molecule has 0 fully saturated rings. The zero-order chi connectivity index (χ0) is 13.8. The molecule has 2 rings (SSSR count). The number of pyridine rings is 1. The van der Waals surface area contributed by atoms with Gasteiger partial charge in [0, 0.05) is 24.5 Å². The average Bonchev–Trinajstić information content (AvgIpc) is 2.37. The summed E-state index contributed by atoms with van der Waals surface area (Å²) < 4.78 is 13.9. The van der Waals surface area contributed by atoms with Gasteiger partial charge in [0.15, 0.2) is 11.6 Å². The van der Waals surface area contributed by atoms with E-state index in [-0.39, 0.29) is 11.9 Å². The number of halogens is 1. The summed E-state index contributed by atoms with van der Waals surface area (Å²) in [5.41, 5.74) is 7.52. The zero-order valence-corrected chi connectivity index (χ0v) is 11.2. The van der Waals surface area contributed by atoms with Crippen LogP contribution in [0, 0.1) is 5.82 Å². The summed E-state index contributed by atoms with van der Waals surface area (Å²) in [5, 5.41) is 0. The standard InChI is InChI=1S/C15H18FN3/c1-11(2)19(15-14(16)7-4-8-18-15)10-12-5-3-6-13(17)9-12/h3-9,11H,10,17H2,1-2H3. The van der Waals surface area contributed by atoms with Crippen molar-refractivity contribution >= 4 is 11.5 Å². The first-order valence-corrected chi connectivity index (χ1v) is 6.29. The van der Waals surface area contributed by atoms with E-state index in [0.29, 0.717) is 18.1 Å². The molecule has 0 spiro atoms. The Kier molecular flexibility index (Phi) is 4.00. The first-order chi connectivity index (χ1) is 9.08. The number of anilines is 2. The van der Waals surface area contributed by atoms with Crippen molar-refractivity contribution < 1.29 is 4.39 Å². The van der Waals surface area contributed by atoms with E-state index in [1.165, 1.54) is 6.07 Å². The number of hydrogen-bond donors (Lipinski definition) is 1. The number of hydrogen-bond acceptors (Lipinski definition) is 3. The monoisotopic (exact) mass is 259 g/mol. The lowest BCUT2D eigenvalue weighted by molar-refractivity contribution is 0.588. The van der Waals surface area contributed by atoms with Crippen molar-refractivity contribution in [2.75, 3.05) is 10.6 Å². The minimum Gasteiger partial charge on any atom is -0.399 e. The minimum atomic E-state index is -0.305. The third-order valence-corrected chi connectivity index (χ3v) is 2.94. The quantitative estimate of drug-likeness (QED) is 0.857. The molecule has 0 radical (unpaired) electrons. The third kappa shape index (κ3) is 3.22. The Morgan fingerprint density at radius 3 is 2.68 bits per heavy atom. The lowest BCUT2D eigenvalue weighted by Gasteiger charge is -2.28. The Bertz CT molecular complexity index is 555. The summed E-state index contributed by atoms with van der Waals surface area (Å²) in [6.07, 6.45) is 1.60. The van der Waals surface area contributed by atoms with Crippen LogP contribution < -0.4 is 10.6 Å². The second-order valence-corrected chi connectivity index (χ2v) is 4.78. The molecule has 0 unspecified atom stereocenters. The van der Waals surface area contributed by atoms with Gasteiger partial charge in [-0.2, -0.15) is 0 Å². The van der Waals surface area contributed by atoms with Crippen molar-refractivity contribution in [3.8, 4) is 0 Å². The molecule has 2 N–H and O–H groups in total. The number of nitrogens with zero attached hydrogens (tertiary/aromatic N) is 2. The van der Waals surface area contributed by atoms with Gasteiger partial charge in [0.2, 0.25) is 0 Å². The summed E-state index contributed by atoms with van der Waals surface area (Å²) in [5.74, 6) is 0.0695. The molecule has 1 aromatic carbocycles. The van der Waals surface area contributed by atoms with Gasteiger partial charge in [-0.3, -0.25) is 0 Å². The molecule has 4 heteroatoms. The van der Waals surface area contributed by atoms with E-state index < -0.39 is 0 Å². The predicted molar refractivity (Wildman–Crippen MR) is 76.4 cm³/mol. The Labute approximate surface area is 112 Å². The topological polar surface area (TPSA) is 42.1 Å². The van der Waals surface area contributed by atoms with E-state index in [1.54, 1.807) is 12.3 Å². The van der Waals surface area contributed by atoms with E-state index in [2.05, 4.69) is 4.98 Å². The number of benzene rings is 1. The van der Waals surface area contributed by atoms with Crippen molar-refractivity contribution in [1.82, 2.24) is 4.98 Å². The lowest BCUT2D eigenvalue weighted by Crippen LogP contribution is -2.31. The van der Waals surface area contributed by atoms with Crippen LogP contribution in [0.2, 0.25) is 0 Å². The summed E-state index contributed by atoms with van der Waals surface area (Å²) in [6.45, 7) is 4.61. The van der Waals surface area contributed by atoms with Gasteiger partial charge >= 0.3 is 0 Å². The van der Waals surface area contributed by atoms with Gasteiger partial charge in [0.25, 0.3) is 0 Å². The van der Waals surface area contributed by atoms with Gasteiger partial charge in [-0.05, 0) is 43.7 Å². The van der Waals surface area contributed by atoms with Gasteiger partial charge in [-0.25, -0.2) is 9.37 Å². The Hall–Kier alpha value is -2.10. The molecule has 0 saturated carbocycles. The molecular weight excluding hydrogens is 241 g/mol. The van der Waals surface area contributed by atoms with E-state index >= 15 is 0 Å². The summed E-state index contributed by atoms with van der Waals surface area (Å²) in [4.78, 5) is 6.06. The fraction of sp³-hybridized carbons (Fsp3) is 0.267. The molecule has 100 valence electrons. The van der Waals surface area contributed by atoms with E-state index in [0.717, 1.165) is 5.56 Å². The van der Waals surface area contributed by atoms with Crippen LogP contribution in [0.3, 0.4) is 0 Å². The highest BCUT2D eigenvalue weighted by molar-refractivity contribution is 5.45. The highest BCUT2D eigenvalue weighted by Crippen LogP contribution is 2.21. The van der Waals surface area contributed by atoms with Crippen molar-refractivity contribution in [3.63, 3.8) is 0 Å². The molecule has 0 atom stereocenters. The molecule has 0 amide bonds. The summed E-state index contributed by atoms with van der Waals surface area (Å²) in [7, 11) is 0. The maximum absolute atomic E-state index is 13.9. The molecule has 0 aliphatic rings. The molecule has 0 aliphatic carbocycles. The molecule has 1 heterocycles. The van der Waals surface area contributed by atoms with Crippen LogP contribution in [0.15, 0.2) is 42.6 Å². The van der Waals surface area contributed by atoms with Gasteiger partial charge in [0.1, 0.15) is 0 Å². The first kappa shape index (κ1) is 13.3. The highest BCUT2D eigenvalue weighted by atomic mass is 19.1. The maximum atomic E-state index is 13.9. The molecule has 0 aliphatic heterocycles. The first-order valence-electron chi connectivity index (χ1n) is 6.29. The second-order valence-electron chi connectivity index (χ2n) is 4.78. The van der Waals surface area contributed by atoms with E-state index in [4.69, 9.17) is 5.73 Å². The summed E-state index contributed by atoms with van der Waals surface area (Å²) >= 11 is 0. The molecule has 1 aromatic heterocycles. The van der Waals surface area contributed by atoms with Crippen LogP contribution in [0.1, 0.15) is 19.4 Å². The molecule has 0 saturated heterocycles. The number of rotatable bonds is 4. The van der Waals surface area contributed by atoms with Crippen LogP contribution in [0.25, 0.3) is 0 Å². The Morgan fingerprint density at radius 1 is 1.26 bits per heavy atom. The number of nitrogen functional groups attached to an aromatic ring is 1. The summed E-state index contributed by atoms with van der Waals surface area (Å²) in [6, 6.07) is 10.8. The van der Waals surface area contributed by atoms with Gasteiger partial charge in [-0.1, -0.05) is 12.1 Å². The smallest absolute Gasteiger partial charge is 0.165 e. The van der Waals surface area contributed by atoms with E-state index in [9.17, 15) is 4.39 Å². The molecule has 2 aromatic rings. The largest absolute Gasteiger partial charge is 0.399 e. The van der Waals surface area contributed by atoms with Crippen molar-refractivity contribution in [1.29, 1.82) is 0 Å². The third-order valence-electron chi connectivity index (χ3n) is 2.94. The Morgan fingerprint density at radius 2 is 2.05 bits per heavy atom. The van der Waals surface area contributed by atoms with Gasteiger partial charge in [-0.15, -0.1) is 0 Å². The second kappa shape index (κ2) is 5.69. The van der Waals surface area contributed by atoms with Crippen LogP contribution in [0.4, 0.5) is 15.9 Å². The average molecular weight is 259 g/mol. The van der Waals surface area contributed by atoms with Crippen LogP contribution in [-0.4, -0.2) is 11.0 Å². The van der Waals surface area contributed by atoms with Crippen molar-refractivity contribution in [2.45, 2.75) is 26.4 Å². The van der Waals surface area contributed by atoms with Crippen molar-refractivity contribution in [3.05, 3.63) is 54.0 Å². The molecule has 19 heavy (non-hydrogen) atoms. The van der Waals surface area contributed by atoms with E-state index in [1.807, 2.05) is 43.0 Å². The normalized spacial score (nSPS) is 10.7. The molecular formula is C15H18FN3. The number of nitrogens with two attached hydrogens (primary N) is 1. The predicted octanol–water partition coefficient (Wildman–Crippen LogP) is 3.22. The van der Waals surface area contributed by atoms with Crippen LogP contribution in [0.5, 0.6) is 0 Å². The minimum absolute atomic E-state index is 0.144. The van der Waals surface area contributed by atoms with Crippen LogP contribution >= 0.6 is 0 Å². The van der Waals surface area contributed by atoms with Gasteiger partial charge < -0.3 is 10.6 Å². The zero-order valence-electron chi connectivity index (χ0n) is 11.2. The van der Waals surface area contributed by atoms with Crippen molar-refractivity contribution in [2.24, 2.45) is 0 Å². The highest BCUT2D eigenvalue weighted by Gasteiger charge is 2.16.